The number of methoxy groups -OCH3 is 2. The van der Waals surface area contributed by atoms with Gasteiger partial charge < -0.3 is 14.2 Å². The zero-order valence-corrected chi connectivity index (χ0v) is 12.5. The average molecular weight is 324 g/mol. The minimum absolute atomic E-state index is 0.0490. The number of hydrogen-bond donors (Lipinski definition) is 0. The fraction of sp³-hybridized carbons (Fsp3) is 0.500. The molecule has 1 rings (SSSR count). The van der Waals surface area contributed by atoms with Crippen molar-refractivity contribution in [3.63, 3.8) is 0 Å². The third kappa shape index (κ3) is 4.05. The zero-order chi connectivity index (χ0) is 12.8. The van der Waals surface area contributed by atoms with E-state index in [-0.39, 0.29) is 6.10 Å². The summed E-state index contributed by atoms with van der Waals surface area (Å²) in [6, 6.07) is 3.79. The van der Waals surface area contributed by atoms with Crippen molar-refractivity contribution in [1.82, 2.24) is 0 Å². The maximum atomic E-state index is 5.80. The highest BCUT2D eigenvalue weighted by Gasteiger charge is 2.14. The lowest BCUT2D eigenvalue weighted by molar-refractivity contribution is 0.0894. The van der Waals surface area contributed by atoms with Crippen molar-refractivity contribution in [3.8, 4) is 11.5 Å². The summed E-state index contributed by atoms with van der Waals surface area (Å²) < 4.78 is 16.9. The van der Waals surface area contributed by atoms with Crippen molar-refractivity contribution in [2.24, 2.45) is 0 Å². The predicted octanol–water partition coefficient (Wildman–Crippen LogP) is 3.61. The van der Waals surface area contributed by atoms with Gasteiger partial charge in [-0.25, -0.2) is 0 Å². The molecule has 0 saturated carbocycles. The Hall–Kier alpha value is -0.450. The van der Waals surface area contributed by atoms with Crippen LogP contribution >= 0.6 is 27.5 Å². The molecule has 0 N–H and O–H groups in total. The Morgan fingerprint density at radius 2 is 2.06 bits per heavy atom. The van der Waals surface area contributed by atoms with E-state index in [1.807, 2.05) is 19.1 Å². The number of halogens is 2. The molecule has 0 radical (unpaired) electrons. The zero-order valence-electron chi connectivity index (χ0n) is 10.1. The third-order valence-corrected chi connectivity index (χ3v) is 3.06. The molecule has 1 atom stereocenters. The van der Waals surface area contributed by atoms with Crippen LogP contribution in [0.5, 0.6) is 11.5 Å². The number of hydrogen-bond acceptors (Lipinski definition) is 3. The van der Waals surface area contributed by atoms with E-state index in [1.54, 1.807) is 14.2 Å². The van der Waals surface area contributed by atoms with E-state index in [1.165, 1.54) is 0 Å². The van der Waals surface area contributed by atoms with Gasteiger partial charge in [0.05, 0.1) is 18.2 Å². The number of ether oxygens (including phenoxy) is 3. The molecule has 0 bridgehead atoms. The lowest BCUT2D eigenvalue weighted by atomic mass is 10.2. The Balaban J connectivity index is 2.97. The van der Waals surface area contributed by atoms with E-state index >= 15 is 0 Å². The van der Waals surface area contributed by atoms with Gasteiger partial charge in [0, 0.05) is 13.0 Å². The van der Waals surface area contributed by atoms with E-state index in [4.69, 9.17) is 25.8 Å². The molecule has 0 aliphatic heterocycles. The fourth-order valence-corrected chi connectivity index (χ4v) is 2.17. The molecule has 0 heterocycles. The van der Waals surface area contributed by atoms with Gasteiger partial charge in [0.2, 0.25) is 0 Å². The SMILES string of the molecule is COCC(C)Oc1c(Br)cc(CCl)cc1OC. The third-order valence-electron chi connectivity index (χ3n) is 2.16. The average Bonchev–Trinajstić information content (AvgIpc) is 2.31. The van der Waals surface area contributed by atoms with E-state index < -0.39 is 0 Å². The van der Waals surface area contributed by atoms with Gasteiger partial charge in [0.1, 0.15) is 6.10 Å². The van der Waals surface area contributed by atoms with Crippen molar-refractivity contribution in [2.75, 3.05) is 20.8 Å². The summed E-state index contributed by atoms with van der Waals surface area (Å²) >= 11 is 9.25. The number of rotatable bonds is 6. The Bertz CT molecular complexity index is 371. The molecule has 0 saturated heterocycles. The molecule has 0 amide bonds. The molecule has 0 aromatic heterocycles. The first-order valence-electron chi connectivity index (χ1n) is 5.20. The van der Waals surface area contributed by atoms with Gasteiger partial charge in [-0.1, -0.05) is 0 Å². The Morgan fingerprint density at radius 3 is 2.59 bits per heavy atom. The predicted molar refractivity (Wildman–Crippen MR) is 72.2 cm³/mol. The quantitative estimate of drug-likeness (QED) is 0.749. The second-order valence-corrected chi connectivity index (χ2v) is 4.75. The first-order chi connectivity index (χ1) is 8.12. The molecule has 0 aliphatic carbocycles. The smallest absolute Gasteiger partial charge is 0.175 e. The number of alkyl halides is 1. The second kappa shape index (κ2) is 7.09. The molecule has 3 nitrogen and oxygen atoms in total. The molecule has 0 aliphatic rings. The fourth-order valence-electron chi connectivity index (χ4n) is 1.43. The summed E-state index contributed by atoms with van der Waals surface area (Å²) in [7, 11) is 3.25. The lowest BCUT2D eigenvalue weighted by Gasteiger charge is -2.18. The van der Waals surface area contributed by atoms with Crippen molar-refractivity contribution in [3.05, 3.63) is 22.2 Å². The molecule has 17 heavy (non-hydrogen) atoms. The van der Waals surface area contributed by atoms with Gasteiger partial charge in [0.15, 0.2) is 11.5 Å². The maximum Gasteiger partial charge on any atom is 0.175 e. The second-order valence-electron chi connectivity index (χ2n) is 3.63. The van der Waals surface area contributed by atoms with E-state index in [0.29, 0.717) is 24.0 Å². The summed E-state index contributed by atoms with van der Waals surface area (Å²) in [5.41, 5.74) is 0.974. The Morgan fingerprint density at radius 1 is 1.35 bits per heavy atom. The van der Waals surface area contributed by atoms with Crippen LogP contribution in [0.4, 0.5) is 0 Å². The normalized spacial score (nSPS) is 12.3. The molecule has 1 aromatic carbocycles. The van der Waals surface area contributed by atoms with Crippen LogP contribution in [0.25, 0.3) is 0 Å². The van der Waals surface area contributed by atoms with Crippen molar-refractivity contribution < 1.29 is 14.2 Å². The summed E-state index contributed by atoms with van der Waals surface area (Å²) in [4.78, 5) is 0. The number of benzene rings is 1. The van der Waals surface area contributed by atoms with Crippen LogP contribution < -0.4 is 9.47 Å². The van der Waals surface area contributed by atoms with Crippen LogP contribution in [0, 0.1) is 0 Å². The van der Waals surface area contributed by atoms with Gasteiger partial charge in [-0.05, 0) is 40.5 Å². The highest BCUT2D eigenvalue weighted by Crippen LogP contribution is 2.37. The van der Waals surface area contributed by atoms with Gasteiger partial charge in [-0.3, -0.25) is 0 Å². The molecular formula is C12H16BrClO3. The van der Waals surface area contributed by atoms with Gasteiger partial charge in [-0.2, -0.15) is 0 Å². The van der Waals surface area contributed by atoms with Crippen LogP contribution in [0.1, 0.15) is 12.5 Å². The van der Waals surface area contributed by atoms with Crippen LogP contribution in [0.2, 0.25) is 0 Å². The molecular weight excluding hydrogens is 307 g/mol. The van der Waals surface area contributed by atoms with Crippen LogP contribution in [-0.2, 0) is 10.6 Å². The van der Waals surface area contributed by atoms with Gasteiger partial charge >= 0.3 is 0 Å². The summed E-state index contributed by atoms with van der Waals surface area (Å²) in [6.07, 6.45) is -0.0490. The van der Waals surface area contributed by atoms with Crippen molar-refractivity contribution in [2.45, 2.75) is 18.9 Å². The highest BCUT2D eigenvalue weighted by atomic mass is 79.9. The monoisotopic (exact) mass is 322 g/mol. The minimum Gasteiger partial charge on any atom is -0.493 e. The largest absolute Gasteiger partial charge is 0.493 e. The lowest BCUT2D eigenvalue weighted by Crippen LogP contribution is -2.18. The first-order valence-corrected chi connectivity index (χ1v) is 6.53. The van der Waals surface area contributed by atoms with Crippen molar-refractivity contribution in [1.29, 1.82) is 0 Å². The maximum absolute atomic E-state index is 5.80. The molecule has 1 unspecified atom stereocenters. The van der Waals surface area contributed by atoms with Gasteiger partial charge in [0.25, 0.3) is 0 Å². The highest BCUT2D eigenvalue weighted by molar-refractivity contribution is 9.10. The molecule has 96 valence electrons. The van der Waals surface area contributed by atoms with Crippen LogP contribution in [0.15, 0.2) is 16.6 Å². The first kappa shape index (κ1) is 14.6. The standard InChI is InChI=1S/C12H16BrClO3/c1-8(7-15-2)17-12-10(13)4-9(6-14)5-11(12)16-3/h4-5,8H,6-7H2,1-3H3. The van der Waals surface area contributed by atoms with Gasteiger partial charge in [-0.15, -0.1) is 11.6 Å². The van der Waals surface area contributed by atoms with E-state index in [0.717, 1.165) is 10.0 Å². The van der Waals surface area contributed by atoms with Crippen LogP contribution in [0.3, 0.4) is 0 Å². The van der Waals surface area contributed by atoms with E-state index in [2.05, 4.69) is 15.9 Å². The topological polar surface area (TPSA) is 27.7 Å². The Kier molecular flexibility index (Phi) is 6.09. The molecule has 1 aromatic rings. The Labute approximate surface area is 115 Å². The van der Waals surface area contributed by atoms with E-state index in [9.17, 15) is 0 Å². The molecule has 0 fully saturated rings. The van der Waals surface area contributed by atoms with Crippen LogP contribution in [-0.4, -0.2) is 26.9 Å². The summed E-state index contributed by atoms with van der Waals surface area (Å²) in [6.45, 7) is 2.46. The summed E-state index contributed by atoms with van der Waals surface area (Å²) in [5, 5.41) is 0. The molecule has 5 heteroatoms. The van der Waals surface area contributed by atoms with Crippen molar-refractivity contribution >= 4 is 27.5 Å². The minimum atomic E-state index is -0.0490. The molecule has 0 spiro atoms. The summed E-state index contributed by atoms with van der Waals surface area (Å²) in [5.74, 6) is 1.77.